The summed E-state index contributed by atoms with van der Waals surface area (Å²) in [6.45, 7) is 8.30. The number of nitrogens with zero attached hydrogens (tertiary/aromatic N) is 2. The molecule has 42 heavy (non-hydrogen) atoms. The Morgan fingerprint density at radius 3 is 2.55 bits per heavy atom. The first kappa shape index (κ1) is 28.3. The highest BCUT2D eigenvalue weighted by Crippen LogP contribution is 2.67. The van der Waals surface area contributed by atoms with Gasteiger partial charge in [0.1, 0.15) is 11.7 Å². The summed E-state index contributed by atoms with van der Waals surface area (Å²) in [6, 6.07) is 12.9. The quantitative estimate of drug-likeness (QED) is 0.307. The molecule has 6 rings (SSSR count). The van der Waals surface area contributed by atoms with Gasteiger partial charge in [-0.15, -0.1) is 0 Å². The van der Waals surface area contributed by atoms with Crippen LogP contribution in [0.4, 0.5) is 0 Å². The van der Waals surface area contributed by atoms with Crippen molar-refractivity contribution in [2.75, 3.05) is 20.1 Å². The van der Waals surface area contributed by atoms with Gasteiger partial charge in [0.15, 0.2) is 11.5 Å². The number of benzene rings is 2. The van der Waals surface area contributed by atoms with Crippen LogP contribution in [0.25, 0.3) is 0 Å². The van der Waals surface area contributed by atoms with Crippen LogP contribution in [0.15, 0.2) is 42.5 Å². The molecule has 1 amide bonds. The number of rotatable bonds is 5. The molecule has 0 radical (unpaired) electrons. The van der Waals surface area contributed by atoms with Crippen molar-refractivity contribution in [1.82, 2.24) is 9.80 Å². The summed E-state index contributed by atoms with van der Waals surface area (Å²) in [7, 11) is 2.09. The van der Waals surface area contributed by atoms with Gasteiger partial charge < -0.3 is 19.1 Å². The van der Waals surface area contributed by atoms with Crippen LogP contribution in [0.3, 0.4) is 0 Å². The molecular formula is C34H38N2O6. The largest absolute Gasteiger partial charge is 0.483 e. The lowest BCUT2D eigenvalue weighted by Gasteiger charge is -2.65. The molecule has 0 unspecified atom stereocenters. The van der Waals surface area contributed by atoms with Crippen LogP contribution in [0, 0.1) is 17.8 Å². The van der Waals surface area contributed by atoms with Gasteiger partial charge in [-0.2, -0.15) is 0 Å². The van der Waals surface area contributed by atoms with Crippen molar-refractivity contribution in [2.24, 2.45) is 5.92 Å². The van der Waals surface area contributed by atoms with E-state index >= 15 is 0 Å². The standard InChI is InChI=1S/C34H38N2O6/c1-21(2)20-36(29(39)14-11-24-9-7-6-8-10-24)26-15-16-34(42-23(4)38)28-19-25-12-13-27(40-22(3)37)31-30(25)33(34,32(26)41-31)17-18-35(28)5/h6-10,12-13,21,26,28,32H,15-20H2,1-5H3/t26-,28-,32+,33+,34-/m1/s1. The summed E-state index contributed by atoms with van der Waals surface area (Å²) < 4.78 is 19.0. The molecule has 1 spiro atoms. The Hall–Kier alpha value is -3.83. The van der Waals surface area contributed by atoms with Crippen LogP contribution >= 0.6 is 0 Å². The molecule has 220 valence electrons. The van der Waals surface area contributed by atoms with E-state index in [9.17, 15) is 14.4 Å². The predicted molar refractivity (Wildman–Crippen MR) is 156 cm³/mol. The number of hydrogen-bond donors (Lipinski definition) is 0. The van der Waals surface area contributed by atoms with Gasteiger partial charge >= 0.3 is 11.9 Å². The van der Waals surface area contributed by atoms with E-state index in [0.29, 0.717) is 43.7 Å². The number of likely N-dealkylation sites (tertiary alicyclic amines) is 1. The molecule has 8 heteroatoms. The second kappa shape index (κ2) is 10.5. The van der Waals surface area contributed by atoms with Crippen LogP contribution in [0.5, 0.6) is 11.5 Å². The fraction of sp³-hybridized carbons (Fsp3) is 0.500. The molecule has 4 aliphatic rings. The maximum atomic E-state index is 13.9. The monoisotopic (exact) mass is 570 g/mol. The minimum Gasteiger partial charge on any atom is -0.483 e. The zero-order valence-corrected chi connectivity index (χ0v) is 24.9. The van der Waals surface area contributed by atoms with E-state index in [1.165, 1.54) is 13.8 Å². The van der Waals surface area contributed by atoms with Crippen molar-refractivity contribution in [2.45, 2.75) is 82.6 Å². The fourth-order valence-electron chi connectivity index (χ4n) is 8.19. The van der Waals surface area contributed by atoms with Gasteiger partial charge in [-0.25, -0.2) is 0 Å². The average molecular weight is 571 g/mol. The SMILES string of the molecule is CC(=O)Oc1ccc2c3c1O[C@H]1[C@H](N(CC(C)C)C(=O)C#Cc4ccccc4)CC[C@@]4(OC(C)=O)[C@@H](C2)N(C)CC[C@]314. The summed E-state index contributed by atoms with van der Waals surface area (Å²) in [6.07, 6.45) is 2.02. The number of esters is 2. The summed E-state index contributed by atoms with van der Waals surface area (Å²) >= 11 is 0. The van der Waals surface area contributed by atoms with Crippen molar-refractivity contribution < 1.29 is 28.6 Å². The summed E-state index contributed by atoms with van der Waals surface area (Å²) in [5.74, 6) is 6.01. The topological polar surface area (TPSA) is 85.4 Å². The molecule has 5 atom stereocenters. The predicted octanol–water partition coefficient (Wildman–Crippen LogP) is 3.87. The lowest BCUT2D eigenvalue weighted by molar-refractivity contribution is -0.221. The second-order valence-electron chi connectivity index (χ2n) is 12.5. The maximum Gasteiger partial charge on any atom is 0.308 e. The molecule has 2 aliphatic carbocycles. The molecule has 1 saturated heterocycles. The van der Waals surface area contributed by atoms with Gasteiger partial charge in [0, 0.05) is 37.4 Å². The fourth-order valence-corrected chi connectivity index (χ4v) is 8.19. The molecular weight excluding hydrogens is 532 g/mol. The van der Waals surface area contributed by atoms with Gasteiger partial charge in [-0.05, 0) is 69.0 Å². The van der Waals surface area contributed by atoms with Gasteiger partial charge in [0.2, 0.25) is 0 Å². The molecule has 8 nitrogen and oxygen atoms in total. The Morgan fingerprint density at radius 2 is 1.86 bits per heavy atom. The number of amides is 1. The van der Waals surface area contributed by atoms with Crippen LogP contribution in [0.2, 0.25) is 0 Å². The summed E-state index contributed by atoms with van der Waals surface area (Å²) in [4.78, 5) is 43.0. The first-order chi connectivity index (χ1) is 20.1. The van der Waals surface area contributed by atoms with E-state index in [1.807, 2.05) is 41.3 Å². The second-order valence-corrected chi connectivity index (χ2v) is 12.5. The summed E-state index contributed by atoms with van der Waals surface area (Å²) in [5, 5.41) is 0. The van der Waals surface area contributed by atoms with E-state index in [4.69, 9.17) is 14.2 Å². The highest BCUT2D eigenvalue weighted by Gasteiger charge is 2.75. The van der Waals surface area contributed by atoms with Crippen molar-refractivity contribution in [3.05, 3.63) is 59.2 Å². The molecule has 2 aliphatic heterocycles. The molecule has 2 heterocycles. The first-order valence-corrected chi connectivity index (χ1v) is 14.9. The minimum absolute atomic E-state index is 0.0488. The van der Waals surface area contributed by atoms with E-state index in [1.54, 1.807) is 6.07 Å². The molecule has 2 aromatic rings. The van der Waals surface area contributed by atoms with Crippen LogP contribution in [-0.2, 0) is 31.0 Å². The van der Waals surface area contributed by atoms with E-state index in [-0.39, 0.29) is 29.9 Å². The number of carbonyl (C=O) groups excluding carboxylic acids is 3. The molecule has 0 N–H and O–H groups in total. The van der Waals surface area contributed by atoms with Crippen molar-refractivity contribution >= 4 is 17.8 Å². The summed E-state index contributed by atoms with van der Waals surface area (Å²) in [5.41, 5.74) is 1.29. The van der Waals surface area contributed by atoms with E-state index in [2.05, 4.69) is 37.6 Å². The third-order valence-corrected chi connectivity index (χ3v) is 9.53. The Labute approximate surface area is 247 Å². The number of ether oxygens (including phenoxy) is 3. The van der Waals surface area contributed by atoms with Crippen molar-refractivity contribution in [1.29, 1.82) is 0 Å². The van der Waals surface area contributed by atoms with Crippen LogP contribution < -0.4 is 9.47 Å². The molecule has 2 bridgehead atoms. The number of piperidine rings is 1. The normalized spacial score (nSPS) is 28.6. The Morgan fingerprint density at radius 1 is 1.10 bits per heavy atom. The maximum absolute atomic E-state index is 13.9. The van der Waals surface area contributed by atoms with Crippen molar-refractivity contribution in [3.8, 4) is 23.3 Å². The lowest BCUT2D eigenvalue weighted by atomic mass is 9.48. The zero-order chi connectivity index (χ0) is 29.8. The minimum atomic E-state index is -0.845. The third-order valence-electron chi connectivity index (χ3n) is 9.53. The Balaban J connectivity index is 1.51. The van der Waals surface area contributed by atoms with Gasteiger partial charge in [-0.3, -0.25) is 19.3 Å². The Bertz CT molecular complexity index is 1490. The number of hydrogen-bond acceptors (Lipinski definition) is 7. The zero-order valence-electron chi connectivity index (χ0n) is 24.9. The lowest BCUT2D eigenvalue weighted by Crippen LogP contribution is -2.79. The molecule has 0 aromatic heterocycles. The van der Waals surface area contributed by atoms with Crippen LogP contribution in [-0.4, -0.2) is 71.6 Å². The Kier molecular flexibility index (Phi) is 7.05. The number of carbonyl (C=O) groups is 3. The first-order valence-electron chi connectivity index (χ1n) is 14.9. The van der Waals surface area contributed by atoms with Gasteiger partial charge in [0.05, 0.1) is 17.5 Å². The smallest absolute Gasteiger partial charge is 0.308 e. The molecule has 2 aromatic carbocycles. The molecule has 1 saturated carbocycles. The van der Waals surface area contributed by atoms with Gasteiger partial charge in [-0.1, -0.05) is 44.0 Å². The van der Waals surface area contributed by atoms with Crippen LogP contribution in [0.1, 0.15) is 63.6 Å². The molecule has 2 fully saturated rings. The highest BCUT2D eigenvalue weighted by atomic mass is 16.6. The number of likely N-dealkylation sites (N-methyl/N-ethyl adjacent to an activating group) is 1. The highest BCUT2D eigenvalue weighted by molar-refractivity contribution is 5.94. The van der Waals surface area contributed by atoms with E-state index < -0.39 is 23.1 Å². The van der Waals surface area contributed by atoms with Crippen molar-refractivity contribution in [3.63, 3.8) is 0 Å². The van der Waals surface area contributed by atoms with Gasteiger partial charge in [0.25, 0.3) is 5.91 Å². The van der Waals surface area contributed by atoms with E-state index in [0.717, 1.165) is 23.2 Å². The third kappa shape index (κ3) is 4.29. The average Bonchev–Trinajstić information content (AvgIpc) is 3.29.